The Bertz CT molecular complexity index is 1350. The van der Waals surface area contributed by atoms with Crippen molar-refractivity contribution in [1.82, 2.24) is 0 Å². The average Bonchev–Trinajstić information content (AvgIpc) is 3.27. The van der Waals surface area contributed by atoms with Crippen molar-refractivity contribution >= 4 is 14.2 Å². The Labute approximate surface area is 384 Å². The second-order valence-corrected chi connectivity index (χ2v) is 25.4. The van der Waals surface area contributed by atoms with Crippen molar-refractivity contribution in [2.45, 2.75) is 221 Å². The standard InChI is InChI=1S/C57H96BO3P/c1-8-12-16-20-24-28-47-62(48-29-25-21-17-13-9-2,49-30-26-22-18-14-10-3,50-31-27-23-19-15-11-4)61-58(59)60-46-32-45-57(54-39-33-51(5)34-40-54,55-41-35-52(6)36-42-55)56-43-37-53(7)38-44-56/h33-44,59H,8-32,45-50H2,1-7H3. The van der Waals surface area contributed by atoms with E-state index in [1.54, 1.807) is 0 Å². The molecular weight excluding hydrogens is 774 g/mol. The van der Waals surface area contributed by atoms with Crippen LogP contribution in [0.25, 0.3) is 0 Å². The van der Waals surface area contributed by atoms with Gasteiger partial charge in [0.2, 0.25) is 0 Å². The fraction of sp³-hybridized carbons (Fsp3) is 0.684. The summed E-state index contributed by atoms with van der Waals surface area (Å²) in [6.45, 7) is 13.4. The fourth-order valence-electron chi connectivity index (χ4n) is 10.3. The molecule has 0 aromatic heterocycles. The molecular formula is C57H96BO3P. The Hall–Kier alpha value is -1.97. The Morgan fingerprint density at radius 2 is 0.677 bits per heavy atom. The van der Waals surface area contributed by atoms with Crippen molar-refractivity contribution in [3.05, 3.63) is 106 Å². The minimum absolute atomic E-state index is 0.353. The number of hydrogen-bond donors (Lipinski definition) is 1. The van der Waals surface area contributed by atoms with Crippen molar-refractivity contribution in [3.63, 3.8) is 0 Å². The van der Waals surface area contributed by atoms with Crippen LogP contribution in [0.5, 0.6) is 0 Å². The molecule has 0 saturated carbocycles. The molecule has 0 spiro atoms. The first kappa shape index (κ1) is 54.4. The molecule has 3 aromatic carbocycles. The van der Waals surface area contributed by atoms with Crippen molar-refractivity contribution < 1.29 is 14.1 Å². The van der Waals surface area contributed by atoms with Crippen molar-refractivity contribution in [1.29, 1.82) is 0 Å². The van der Waals surface area contributed by atoms with E-state index in [2.05, 4.69) is 121 Å². The summed E-state index contributed by atoms with van der Waals surface area (Å²) < 4.78 is 14.1. The number of unbranched alkanes of at least 4 members (excludes halogenated alkanes) is 20. The van der Waals surface area contributed by atoms with E-state index in [4.69, 9.17) is 9.10 Å². The zero-order valence-corrected chi connectivity index (χ0v) is 42.5. The van der Waals surface area contributed by atoms with Crippen LogP contribution in [0.1, 0.15) is 228 Å². The van der Waals surface area contributed by atoms with Crippen molar-refractivity contribution in [2.75, 3.05) is 31.3 Å². The maximum atomic E-state index is 12.2. The second kappa shape index (κ2) is 31.0. The molecule has 0 radical (unpaired) electrons. The molecule has 0 amide bonds. The second-order valence-electron chi connectivity index (χ2n) is 19.7. The number of hydrogen-bond acceptors (Lipinski definition) is 3. The van der Waals surface area contributed by atoms with Gasteiger partial charge in [-0.2, -0.15) is 0 Å². The quantitative estimate of drug-likeness (QED) is 0.0270. The van der Waals surface area contributed by atoms with Gasteiger partial charge in [-0.15, -0.1) is 0 Å². The zero-order valence-electron chi connectivity index (χ0n) is 41.6. The van der Waals surface area contributed by atoms with Crippen molar-refractivity contribution in [3.8, 4) is 0 Å². The van der Waals surface area contributed by atoms with Gasteiger partial charge < -0.3 is 0 Å². The predicted molar refractivity (Wildman–Crippen MR) is 278 cm³/mol. The first-order chi connectivity index (χ1) is 30.2. The predicted octanol–water partition coefficient (Wildman–Crippen LogP) is 17.6. The van der Waals surface area contributed by atoms with Gasteiger partial charge in [0.15, 0.2) is 0 Å². The molecule has 0 atom stereocenters. The van der Waals surface area contributed by atoms with E-state index in [-0.39, 0.29) is 5.41 Å². The monoisotopic (exact) mass is 871 g/mol. The van der Waals surface area contributed by atoms with Crippen molar-refractivity contribution in [2.24, 2.45) is 0 Å². The molecule has 5 heteroatoms. The molecule has 0 saturated heterocycles. The number of rotatable bonds is 38. The zero-order chi connectivity index (χ0) is 44.8. The van der Waals surface area contributed by atoms with Crippen LogP contribution in [0.4, 0.5) is 0 Å². The van der Waals surface area contributed by atoms with Gasteiger partial charge in [-0.3, -0.25) is 0 Å². The summed E-state index contributed by atoms with van der Waals surface area (Å²) in [7, 11) is -1.18. The van der Waals surface area contributed by atoms with Crippen LogP contribution in [0, 0.1) is 20.8 Å². The van der Waals surface area contributed by atoms with E-state index in [1.807, 2.05) is 0 Å². The summed E-state index contributed by atoms with van der Waals surface area (Å²) in [5, 5.41) is 12.2. The molecule has 350 valence electrons. The third kappa shape index (κ3) is 18.9. The SMILES string of the molecule is CCCCCCCCP(CCCCCCCC)(CCCCCCCC)(CCCCCCCC)OB(O)OCCCC(c1ccc(C)cc1)(c1ccc(C)cc1)c1ccc(C)cc1. The molecule has 0 aliphatic rings. The minimum atomic E-state index is -2.85. The number of benzene rings is 3. The van der Waals surface area contributed by atoms with Gasteiger partial charge in [-0.05, 0) is 0 Å². The molecule has 0 fully saturated rings. The summed E-state index contributed by atoms with van der Waals surface area (Å²) >= 11 is 0. The summed E-state index contributed by atoms with van der Waals surface area (Å²) in [6.07, 6.45) is 37.4. The topological polar surface area (TPSA) is 38.7 Å². The Morgan fingerprint density at radius 3 is 0.968 bits per heavy atom. The summed E-state index contributed by atoms with van der Waals surface area (Å²) in [5.74, 6) is 0. The molecule has 3 rings (SSSR count). The Kier molecular flexibility index (Phi) is 27.2. The molecule has 0 aliphatic carbocycles. The summed E-state index contributed by atoms with van der Waals surface area (Å²) in [4.78, 5) is 0. The van der Waals surface area contributed by atoms with Crippen LogP contribution in [0.3, 0.4) is 0 Å². The number of aryl methyl sites for hydroxylation is 3. The summed E-state index contributed by atoms with van der Waals surface area (Å²) in [5.41, 5.74) is 7.35. The van der Waals surface area contributed by atoms with Crippen LogP contribution in [-0.4, -0.2) is 43.6 Å². The van der Waals surface area contributed by atoms with Crippen LogP contribution < -0.4 is 0 Å². The maximum absolute atomic E-state index is 12.2. The van der Waals surface area contributed by atoms with E-state index in [0.717, 1.165) is 37.5 Å². The van der Waals surface area contributed by atoms with E-state index < -0.39 is 14.2 Å². The molecule has 62 heavy (non-hydrogen) atoms. The van der Waals surface area contributed by atoms with Crippen LogP contribution >= 0.6 is 6.83 Å². The molecule has 0 unspecified atom stereocenters. The van der Waals surface area contributed by atoms with Crippen LogP contribution in [-0.2, 0) is 14.5 Å². The van der Waals surface area contributed by atoms with E-state index >= 15 is 0 Å². The van der Waals surface area contributed by atoms with Gasteiger partial charge in [0, 0.05) is 0 Å². The first-order valence-electron chi connectivity index (χ1n) is 26.4. The van der Waals surface area contributed by atoms with E-state index in [1.165, 1.54) is 187 Å². The summed E-state index contributed by atoms with van der Waals surface area (Å²) in [6, 6.07) is 27.5. The molecule has 3 nitrogen and oxygen atoms in total. The third-order valence-electron chi connectivity index (χ3n) is 14.3. The van der Waals surface area contributed by atoms with Crippen LogP contribution in [0.2, 0.25) is 0 Å². The Balaban J connectivity index is 1.96. The molecule has 3 aromatic rings. The average molecular weight is 871 g/mol. The van der Waals surface area contributed by atoms with Gasteiger partial charge in [0.05, 0.1) is 0 Å². The van der Waals surface area contributed by atoms with Gasteiger partial charge in [-0.25, -0.2) is 0 Å². The fourth-order valence-corrected chi connectivity index (χ4v) is 16.7. The third-order valence-corrected chi connectivity index (χ3v) is 20.9. The van der Waals surface area contributed by atoms with Gasteiger partial charge in [-0.1, -0.05) is 0 Å². The molecule has 1 N–H and O–H groups in total. The normalized spacial score (nSPS) is 12.7. The van der Waals surface area contributed by atoms with E-state index in [0.29, 0.717) is 6.61 Å². The van der Waals surface area contributed by atoms with E-state index in [9.17, 15) is 5.02 Å². The van der Waals surface area contributed by atoms with Gasteiger partial charge in [0.1, 0.15) is 0 Å². The van der Waals surface area contributed by atoms with Crippen LogP contribution in [0.15, 0.2) is 72.8 Å². The first-order valence-corrected chi connectivity index (χ1v) is 29.3. The van der Waals surface area contributed by atoms with Gasteiger partial charge in [0.25, 0.3) is 0 Å². The molecule has 0 heterocycles. The Morgan fingerprint density at radius 1 is 0.403 bits per heavy atom. The molecule has 0 aliphatic heterocycles. The van der Waals surface area contributed by atoms with Gasteiger partial charge >= 0.3 is 387 Å². The molecule has 0 bridgehead atoms.